The van der Waals surface area contributed by atoms with E-state index < -0.39 is 30.2 Å². The summed E-state index contributed by atoms with van der Waals surface area (Å²) in [4.78, 5) is 51.6. The quantitative estimate of drug-likeness (QED) is 0.238. The van der Waals surface area contributed by atoms with Gasteiger partial charge in [-0.15, -0.1) is 0 Å². The van der Waals surface area contributed by atoms with Crippen LogP contribution in [-0.2, 0) is 14.3 Å². The Hall–Kier alpha value is -4.66. The fourth-order valence-electron chi connectivity index (χ4n) is 4.01. The molecule has 1 amide bonds. The third-order valence-corrected chi connectivity index (χ3v) is 6.15. The third-order valence-electron chi connectivity index (χ3n) is 6.15. The molecule has 1 heterocycles. The highest BCUT2D eigenvalue weighted by Crippen LogP contribution is 2.36. The first-order chi connectivity index (χ1) is 18.3. The number of hydrogen-bond acceptors (Lipinski definition) is 8. The van der Waals surface area contributed by atoms with E-state index >= 15 is 0 Å². The minimum absolute atomic E-state index is 0.0472. The van der Waals surface area contributed by atoms with Crippen molar-refractivity contribution in [3.63, 3.8) is 0 Å². The van der Waals surface area contributed by atoms with E-state index in [9.17, 15) is 19.2 Å². The van der Waals surface area contributed by atoms with Crippen LogP contribution in [0.5, 0.6) is 17.2 Å². The highest BCUT2D eigenvalue weighted by Gasteiger charge is 2.37. The van der Waals surface area contributed by atoms with Gasteiger partial charge in [-0.3, -0.25) is 14.4 Å². The maximum absolute atomic E-state index is 12.6. The molecule has 9 nitrogen and oxygen atoms in total. The van der Waals surface area contributed by atoms with Gasteiger partial charge in [-0.25, -0.2) is 4.79 Å². The number of Topliss-reactive ketones (excluding diaryl/α,β-unsaturated/α-hetero) is 1. The monoisotopic (exact) mass is 517 g/mol. The van der Waals surface area contributed by atoms with Crippen molar-refractivity contribution in [2.45, 2.75) is 13.3 Å². The summed E-state index contributed by atoms with van der Waals surface area (Å²) >= 11 is 0. The summed E-state index contributed by atoms with van der Waals surface area (Å²) in [5.74, 6) is -1.27. The number of ether oxygens (including phenoxy) is 4. The van der Waals surface area contributed by atoms with Crippen molar-refractivity contribution >= 4 is 29.3 Å². The van der Waals surface area contributed by atoms with Crippen molar-refractivity contribution in [2.75, 3.05) is 32.3 Å². The second-order valence-corrected chi connectivity index (χ2v) is 8.75. The predicted molar refractivity (Wildman–Crippen MR) is 138 cm³/mol. The maximum Gasteiger partial charge on any atom is 0.343 e. The topological polar surface area (TPSA) is 108 Å². The number of carbonyl (C=O) groups excluding carboxylic acids is 4. The smallest absolute Gasteiger partial charge is 0.343 e. The first kappa shape index (κ1) is 26.4. The summed E-state index contributed by atoms with van der Waals surface area (Å²) in [6.07, 6.45) is -0.0472. The molecule has 0 radical (unpaired) electrons. The highest BCUT2D eigenvalue weighted by molar-refractivity contribution is 6.02. The van der Waals surface area contributed by atoms with Crippen molar-refractivity contribution in [3.05, 3.63) is 83.4 Å². The molecule has 196 valence electrons. The zero-order valence-electron chi connectivity index (χ0n) is 21.3. The van der Waals surface area contributed by atoms with Gasteiger partial charge in [0.2, 0.25) is 5.91 Å². The Morgan fingerprint density at radius 2 is 1.53 bits per heavy atom. The Bertz CT molecular complexity index is 1350. The number of aryl methyl sites for hydroxylation is 1. The predicted octanol–water partition coefficient (Wildman–Crippen LogP) is 4.01. The van der Waals surface area contributed by atoms with Gasteiger partial charge < -0.3 is 23.8 Å². The third kappa shape index (κ3) is 6.00. The molecule has 0 unspecified atom stereocenters. The van der Waals surface area contributed by atoms with Crippen molar-refractivity contribution < 1.29 is 38.1 Å². The molecule has 1 aliphatic heterocycles. The lowest BCUT2D eigenvalue weighted by Gasteiger charge is -2.20. The van der Waals surface area contributed by atoms with E-state index in [0.717, 1.165) is 5.56 Å². The molecule has 0 N–H and O–H groups in total. The lowest BCUT2D eigenvalue weighted by atomic mass is 10.1. The Kier molecular flexibility index (Phi) is 8.06. The molecule has 1 atom stereocenters. The molecule has 3 aromatic rings. The van der Waals surface area contributed by atoms with E-state index in [1.54, 1.807) is 30.3 Å². The fraction of sp³-hybridized carbons (Fsp3) is 0.241. The number of esters is 2. The molecule has 0 aliphatic carbocycles. The molecule has 0 saturated carbocycles. The summed E-state index contributed by atoms with van der Waals surface area (Å²) in [5.41, 5.74) is 2.22. The molecule has 0 aromatic heterocycles. The second-order valence-electron chi connectivity index (χ2n) is 8.75. The summed E-state index contributed by atoms with van der Waals surface area (Å²) < 4.78 is 21.2. The molecule has 0 spiro atoms. The van der Waals surface area contributed by atoms with Gasteiger partial charge in [0.1, 0.15) is 17.2 Å². The van der Waals surface area contributed by atoms with Gasteiger partial charge in [0.05, 0.1) is 31.4 Å². The molecule has 3 aromatic carbocycles. The number of hydrogen-bond donors (Lipinski definition) is 0. The maximum atomic E-state index is 12.6. The number of nitrogens with zero attached hydrogens (tertiary/aromatic N) is 1. The number of ketones is 1. The molecule has 4 rings (SSSR count). The van der Waals surface area contributed by atoms with Crippen LogP contribution in [0.4, 0.5) is 5.69 Å². The molecule has 1 aliphatic rings. The van der Waals surface area contributed by atoms with E-state index in [1.165, 1.54) is 43.4 Å². The van der Waals surface area contributed by atoms with Crippen LogP contribution in [0, 0.1) is 12.8 Å². The highest BCUT2D eigenvalue weighted by atomic mass is 16.5. The normalized spacial score (nSPS) is 14.7. The summed E-state index contributed by atoms with van der Waals surface area (Å²) in [6.45, 7) is 1.54. The average molecular weight is 518 g/mol. The lowest BCUT2D eigenvalue weighted by Crippen LogP contribution is -2.27. The number of carbonyl (C=O) groups is 4. The van der Waals surface area contributed by atoms with E-state index in [-0.39, 0.29) is 30.2 Å². The van der Waals surface area contributed by atoms with E-state index in [1.807, 2.05) is 19.1 Å². The van der Waals surface area contributed by atoms with Gasteiger partial charge in [-0.05, 0) is 55.5 Å². The minimum Gasteiger partial charge on any atom is -0.497 e. The lowest BCUT2D eigenvalue weighted by molar-refractivity contribution is -0.147. The summed E-state index contributed by atoms with van der Waals surface area (Å²) in [5, 5.41) is 0. The standard InChI is InChI=1S/C29H27NO8/c1-18-4-6-20(7-5-18)29(34)38-22-10-8-19(9-11-22)25(31)17-37-28(33)21-14-27(32)30(16-21)24-15-23(35-2)12-13-26(24)36-3/h4-13,15,21H,14,16-17H2,1-3H3/t21-/m1/s1. The minimum atomic E-state index is -0.727. The van der Waals surface area contributed by atoms with Crippen LogP contribution in [0.2, 0.25) is 0 Å². The van der Waals surface area contributed by atoms with Crippen LogP contribution in [-0.4, -0.2) is 51.0 Å². The Balaban J connectivity index is 1.31. The number of anilines is 1. The van der Waals surface area contributed by atoms with Gasteiger partial charge in [0, 0.05) is 24.6 Å². The zero-order chi connectivity index (χ0) is 27.2. The fourth-order valence-corrected chi connectivity index (χ4v) is 4.01. The molecular formula is C29H27NO8. The van der Waals surface area contributed by atoms with Gasteiger partial charge >= 0.3 is 11.9 Å². The van der Waals surface area contributed by atoms with Gasteiger partial charge in [0.15, 0.2) is 12.4 Å². The molecular weight excluding hydrogens is 490 g/mol. The van der Waals surface area contributed by atoms with Crippen LogP contribution >= 0.6 is 0 Å². The van der Waals surface area contributed by atoms with Gasteiger partial charge in [-0.1, -0.05) is 17.7 Å². The van der Waals surface area contributed by atoms with Crippen molar-refractivity contribution in [1.29, 1.82) is 0 Å². The largest absolute Gasteiger partial charge is 0.497 e. The molecule has 1 fully saturated rings. The van der Waals surface area contributed by atoms with Crippen LogP contribution in [0.15, 0.2) is 66.7 Å². The Labute approximate surface area is 219 Å². The van der Waals surface area contributed by atoms with Crippen LogP contribution in [0.1, 0.15) is 32.7 Å². The number of rotatable bonds is 9. The number of amides is 1. The number of methoxy groups -OCH3 is 2. The Morgan fingerprint density at radius 1 is 0.868 bits per heavy atom. The SMILES string of the molecule is COc1ccc(OC)c(N2C[C@H](C(=O)OCC(=O)c3ccc(OC(=O)c4ccc(C)cc4)cc3)CC2=O)c1. The van der Waals surface area contributed by atoms with E-state index in [4.69, 9.17) is 18.9 Å². The van der Waals surface area contributed by atoms with E-state index in [2.05, 4.69) is 0 Å². The van der Waals surface area contributed by atoms with Gasteiger partial charge in [0.25, 0.3) is 0 Å². The van der Waals surface area contributed by atoms with Gasteiger partial charge in [-0.2, -0.15) is 0 Å². The van der Waals surface area contributed by atoms with Crippen molar-refractivity contribution in [3.8, 4) is 17.2 Å². The average Bonchev–Trinajstić information content (AvgIpc) is 3.33. The summed E-state index contributed by atoms with van der Waals surface area (Å²) in [7, 11) is 3.00. The van der Waals surface area contributed by atoms with Crippen LogP contribution < -0.4 is 19.1 Å². The van der Waals surface area contributed by atoms with Crippen LogP contribution in [0.3, 0.4) is 0 Å². The second kappa shape index (κ2) is 11.6. The van der Waals surface area contributed by atoms with Crippen LogP contribution in [0.25, 0.3) is 0 Å². The van der Waals surface area contributed by atoms with Crippen molar-refractivity contribution in [1.82, 2.24) is 0 Å². The first-order valence-corrected chi connectivity index (χ1v) is 11.9. The zero-order valence-corrected chi connectivity index (χ0v) is 21.3. The van der Waals surface area contributed by atoms with E-state index in [0.29, 0.717) is 22.7 Å². The molecule has 9 heteroatoms. The Morgan fingerprint density at radius 3 is 2.18 bits per heavy atom. The van der Waals surface area contributed by atoms with Crippen molar-refractivity contribution in [2.24, 2.45) is 5.92 Å². The molecule has 0 bridgehead atoms. The molecule has 1 saturated heterocycles. The summed E-state index contributed by atoms with van der Waals surface area (Å²) in [6, 6.07) is 18.0. The number of benzene rings is 3. The first-order valence-electron chi connectivity index (χ1n) is 11.9. The molecule has 38 heavy (non-hydrogen) atoms.